The highest BCUT2D eigenvalue weighted by Gasteiger charge is 2.25. The monoisotopic (exact) mass is 134 g/mol. The molecule has 0 amide bonds. The van der Waals surface area contributed by atoms with Crippen LogP contribution in [0.3, 0.4) is 0 Å². The average molecular weight is 134 g/mol. The highest BCUT2D eigenvalue weighted by Crippen LogP contribution is 2.34. The fourth-order valence-electron chi connectivity index (χ4n) is 1.38. The van der Waals surface area contributed by atoms with Crippen LogP contribution < -0.4 is 5.32 Å². The van der Waals surface area contributed by atoms with Gasteiger partial charge in [0, 0.05) is 0 Å². The number of nitrogens with one attached hydrogen (secondary N) is 1. The van der Waals surface area contributed by atoms with Gasteiger partial charge in [0.15, 0.2) is 0 Å². The second-order valence-electron chi connectivity index (χ2n) is 2.95. The van der Waals surface area contributed by atoms with Crippen molar-refractivity contribution in [3.63, 3.8) is 0 Å². The minimum atomic E-state index is 0.834. The van der Waals surface area contributed by atoms with Crippen molar-refractivity contribution in [2.24, 2.45) is 5.92 Å². The molecule has 1 nitrogen and oxygen atoms in total. The average Bonchev–Trinajstić information content (AvgIpc) is 1.86. The second kappa shape index (κ2) is 2.49. The zero-order valence-corrected chi connectivity index (χ0v) is 6.01. The van der Waals surface area contributed by atoms with Gasteiger partial charge in [0.25, 0.3) is 0 Å². The Kier molecular flexibility index (Phi) is 1.50. The molecule has 2 aliphatic rings. The van der Waals surface area contributed by atoms with E-state index in [1.807, 2.05) is 12.3 Å². The molecule has 10 heavy (non-hydrogen) atoms. The molecule has 0 bridgehead atoms. The molecule has 1 heterocycles. The van der Waals surface area contributed by atoms with Crippen molar-refractivity contribution < 1.29 is 0 Å². The van der Waals surface area contributed by atoms with E-state index >= 15 is 0 Å². The summed E-state index contributed by atoms with van der Waals surface area (Å²) in [6.45, 7) is 0. The number of rotatable bonds is 1. The van der Waals surface area contributed by atoms with Crippen LogP contribution in [0, 0.1) is 12.0 Å². The second-order valence-corrected chi connectivity index (χ2v) is 2.95. The Labute approximate surface area is 61.8 Å². The molecule has 1 aliphatic carbocycles. The van der Waals surface area contributed by atoms with Crippen molar-refractivity contribution in [3.8, 4) is 0 Å². The molecule has 0 aromatic rings. The molecular formula is C9H12N. The van der Waals surface area contributed by atoms with Crippen LogP contribution in [0.15, 0.2) is 24.4 Å². The third-order valence-electron chi connectivity index (χ3n) is 2.28. The van der Waals surface area contributed by atoms with Gasteiger partial charge >= 0.3 is 0 Å². The Morgan fingerprint density at radius 3 is 2.70 bits per heavy atom. The van der Waals surface area contributed by atoms with Crippen LogP contribution in [0.5, 0.6) is 0 Å². The van der Waals surface area contributed by atoms with E-state index < -0.39 is 0 Å². The maximum absolute atomic E-state index is 3.27. The van der Waals surface area contributed by atoms with Gasteiger partial charge in [-0.3, -0.25) is 0 Å². The molecular weight excluding hydrogens is 122 g/mol. The van der Waals surface area contributed by atoms with Crippen LogP contribution in [0.2, 0.25) is 0 Å². The van der Waals surface area contributed by atoms with Crippen molar-refractivity contribution in [2.75, 3.05) is 0 Å². The van der Waals surface area contributed by atoms with Crippen molar-refractivity contribution in [1.82, 2.24) is 5.32 Å². The first-order valence-corrected chi connectivity index (χ1v) is 3.93. The van der Waals surface area contributed by atoms with E-state index in [4.69, 9.17) is 0 Å². The van der Waals surface area contributed by atoms with Gasteiger partial charge in [0.2, 0.25) is 0 Å². The van der Waals surface area contributed by atoms with Crippen LogP contribution in [0.1, 0.15) is 19.3 Å². The molecule has 1 aliphatic heterocycles. The summed E-state index contributed by atoms with van der Waals surface area (Å²) in [7, 11) is 0. The zero-order valence-electron chi connectivity index (χ0n) is 6.01. The van der Waals surface area contributed by atoms with Crippen LogP contribution in [0.25, 0.3) is 0 Å². The van der Waals surface area contributed by atoms with Crippen LogP contribution in [-0.2, 0) is 0 Å². The summed E-state index contributed by atoms with van der Waals surface area (Å²) >= 11 is 0. The Morgan fingerprint density at radius 1 is 1.30 bits per heavy atom. The summed E-state index contributed by atoms with van der Waals surface area (Å²) in [6, 6.07) is 1.41. The van der Waals surface area contributed by atoms with E-state index in [0.717, 1.165) is 5.92 Å². The molecule has 1 fully saturated rings. The summed E-state index contributed by atoms with van der Waals surface area (Å²) in [5.41, 5.74) is 0. The smallest absolute Gasteiger partial charge is 0.0852 e. The molecule has 0 aromatic heterocycles. The summed E-state index contributed by atoms with van der Waals surface area (Å²) in [4.78, 5) is 0. The standard InChI is InChI=1S/C9H12N/c1-2-7-10-9(6-1)8-4-3-5-8/h1-2,6-8,10H,3-5H2. The summed E-state index contributed by atoms with van der Waals surface area (Å²) in [5, 5.41) is 3.27. The lowest BCUT2D eigenvalue weighted by Gasteiger charge is -2.32. The summed E-state index contributed by atoms with van der Waals surface area (Å²) in [5.74, 6) is 0.834. The maximum atomic E-state index is 3.27. The lowest BCUT2D eigenvalue weighted by molar-refractivity contribution is 0.326. The molecule has 0 aromatic carbocycles. The number of dihydropyridines is 1. The predicted molar refractivity (Wildman–Crippen MR) is 42.0 cm³/mol. The van der Waals surface area contributed by atoms with Gasteiger partial charge in [-0.1, -0.05) is 18.6 Å². The fraction of sp³-hybridized carbons (Fsp3) is 0.444. The van der Waals surface area contributed by atoms with Crippen LogP contribution in [0.4, 0.5) is 0 Å². The summed E-state index contributed by atoms with van der Waals surface area (Å²) < 4.78 is 0. The number of hydrogen-bond donors (Lipinski definition) is 1. The third kappa shape index (κ3) is 0.962. The topological polar surface area (TPSA) is 12.0 Å². The number of hydrogen-bond acceptors (Lipinski definition) is 1. The normalized spacial score (nSPS) is 26.0. The van der Waals surface area contributed by atoms with E-state index in [9.17, 15) is 0 Å². The Balaban J connectivity index is 1.92. The Morgan fingerprint density at radius 2 is 2.20 bits per heavy atom. The van der Waals surface area contributed by atoms with E-state index in [2.05, 4.69) is 17.5 Å². The molecule has 2 rings (SSSR count). The van der Waals surface area contributed by atoms with Crippen molar-refractivity contribution in [2.45, 2.75) is 19.3 Å². The first kappa shape index (κ1) is 6.02. The predicted octanol–water partition coefficient (Wildman–Crippen LogP) is 1.99. The van der Waals surface area contributed by atoms with Crippen LogP contribution in [-0.4, -0.2) is 0 Å². The molecule has 53 valence electrons. The van der Waals surface area contributed by atoms with Gasteiger partial charge in [-0.25, -0.2) is 0 Å². The molecule has 1 saturated carbocycles. The molecule has 0 saturated heterocycles. The minimum absolute atomic E-state index is 0.834. The quantitative estimate of drug-likeness (QED) is 0.578. The van der Waals surface area contributed by atoms with E-state index in [1.165, 1.54) is 25.3 Å². The van der Waals surface area contributed by atoms with E-state index in [0.29, 0.717) is 0 Å². The fourth-order valence-corrected chi connectivity index (χ4v) is 1.38. The first-order valence-electron chi connectivity index (χ1n) is 3.93. The molecule has 0 unspecified atom stereocenters. The third-order valence-corrected chi connectivity index (χ3v) is 2.28. The van der Waals surface area contributed by atoms with E-state index in [1.54, 1.807) is 0 Å². The number of allylic oxidation sites excluding steroid dienone is 2. The van der Waals surface area contributed by atoms with Gasteiger partial charge in [-0.05, 0) is 31.0 Å². The molecule has 0 atom stereocenters. The molecule has 0 spiro atoms. The SMILES string of the molecule is C1=CN[C](C2CCC2)C=C1. The van der Waals surface area contributed by atoms with E-state index in [-0.39, 0.29) is 0 Å². The van der Waals surface area contributed by atoms with Crippen molar-refractivity contribution in [3.05, 3.63) is 30.5 Å². The van der Waals surface area contributed by atoms with Gasteiger partial charge in [-0.2, -0.15) is 0 Å². The van der Waals surface area contributed by atoms with Crippen molar-refractivity contribution >= 4 is 0 Å². The van der Waals surface area contributed by atoms with Gasteiger partial charge in [0.05, 0.1) is 6.04 Å². The van der Waals surface area contributed by atoms with Gasteiger partial charge in [-0.15, -0.1) is 0 Å². The highest BCUT2D eigenvalue weighted by molar-refractivity contribution is 5.23. The Hall–Kier alpha value is -0.720. The first-order chi connectivity index (χ1) is 4.97. The van der Waals surface area contributed by atoms with Gasteiger partial charge in [0.1, 0.15) is 0 Å². The van der Waals surface area contributed by atoms with Crippen LogP contribution >= 0.6 is 0 Å². The maximum Gasteiger partial charge on any atom is 0.0852 e. The van der Waals surface area contributed by atoms with Crippen molar-refractivity contribution in [1.29, 1.82) is 0 Å². The molecule has 1 radical (unpaired) electrons. The molecule has 1 heteroatoms. The molecule has 1 N–H and O–H groups in total. The minimum Gasteiger partial charge on any atom is -0.379 e. The summed E-state index contributed by atoms with van der Waals surface area (Å²) in [6.07, 6.45) is 12.5. The largest absolute Gasteiger partial charge is 0.379 e. The Bertz CT molecular complexity index is 166. The van der Waals surface area contributed by atoms with Gasteiger partial charge < -0.3 is 5.32 Å². The highest BCUT2D eigenvalue weighted by atomic mass is 14.9. The lowest BCUT2D eigenvalue weighted by Crippen LogP contribution is -2.28. The zero-order chi connectivity index (χ0) is 6.81. The lowest BCUT2D eigenvalue weighted by atomic mass is 9.79.